The summed E-state index contributed by atoms with van der Waals surface area (Å²) >= 11 is 1.18. The summed E-state index contributed by atoms with van der Waals surface area (Å²) in [4.78, 5) is 2.79. The molecule has 2 heterocycles. The van der Waals surface area contributed by atoms with Crippen LogP contribution in [0.4, 0.5) is 18.9 Å². The zero-order valence-electron chi connectivity index (χ0n) is 21.1. The van der Waals surface area contributed by atoms with Crippen molar-refractivity contribution in [1.82, 2.24) is 4.90 Å². The summed E-state index contributed by atoms with van der Waals surface area (Å²) in [5.74, 6) is 0.466. The number of nitrogens with zero attached hydrogens (tertiary/aromatic N) is 1. The van der Waals surface area contributed by atoms with Gasteiger partial charge in [0.25, 0.3) is 0 Å². The summed E-state index contributed by atoms with van der Waals surface area (Å²) in [5, 5.41) is 12.3. The second-order valence-electron chi connectivity index (χ2n) is 8.89. The highest BCUT2D eigenvalue weighted by Crippen LogP contribution is 2.34. The van der Waals surface area contributed by atoms with Gasteiger partial charge in [-0.1, -0.05) is 24.3 Å². The van der Waals surface area contributed by atoms with Gasteiger partial charge in [-0.25, -0.2) is 8.42 Å². The Morgan fingerprint density at radius 1 is 1.13 bits per heavy atom. The molecule has 4 rings (SSSR count). The first-order valence-corrected chi connectivity index (χ1v) is 14.8. The second kappa shape index (κ2) is 12.3. The number of anilines is 1. The van der Waals surface area contributed by atoms with E-state index in [0.717, 1.165) is 25.4 Å². The minimum Gasteiger partial charge on any atom is -0.490 e. The van der Waals surface area contributed by atoms with E-state index >= 15 is 0 Å². The SMILES string of the molecule is CS(=O)(=O)c1cccc(-c2csc(/C(=C/C(=N)C(F)(F)F)Nc3ccccc3OCCN3CCOCC3)c2)c1. The summed E-state index contributed by atoms with van der Waals surface area (Å²) in [7, 11) is -3.43. The number of para-hydroxylation sites is 2. The van der Waals surface area contributed by atoms with E-state index in [2.05, 4.69) is 10.2 Å². The number of hydrogen-bond acceptors (Lipinski definition) is 8. The van der Waals surface area contributed by atoms with E-state index < -0.39 is 21.7 Å². The minimum atomic E-state index is -4.83. The molecule has 2 aromatic carbocycles. The number of thiophene rings is 1. The van der Waals surface area contributed by atoms with E-state index in [9.17, 15) is 21.6 Å². The third kappa shape index (κ3) is 7.91. The van der Waals surface area contributed by atoms with Crippen LogP contribution >= 0.6 is 11.3 Å². The van der Waals surface area contributed by atoms with Crippen LogP contribution in [0.3, 0.4) is 0 Å². The van der Waals surface area contributed by atoms with Crippen molar-refractivity contribution in [3.63, 3.8) is 0 Å². The van der Waals surface area contributed by atoms with Gasteiger partial charge in [-0.2, -0.15) is 13.2 Å². The molecule has 3 aromatic rings. The number of sulfone groups is 1. The van der Waals surface area contributed by atoms with Crippen molar-refractivity contribution in [2.75, 3.05) is 51.0 Å². The maximum absolute atomic E-state index is 13.3. The first-order chi connectivity index (χ1) is 18.5. The highest BCUT2D eigenvalue weighted by Gasteiger charge is 2.33. The van der Waals surface area contributed by atoms with Crippen molar-refractivity contribution in [3.05, 3.63) is 70.9 Å². The molecule has 0 atom stereocenters. The average Bonchev–Trinajstić information content (AvgIpc) is 3.39. The van der Waals surface area contributed by atoms with Gasteiger partial charge in [0.05, 0.1) is 34.4 Å². The topological polar surface area (TPSA) is 91.7 Å². The molecular formula is C27H28F3N3O4S2. The van der Waals surface area contributed by atoms with Crippen LogP contribution < -0.4 is 10.1 Å². The van der Waals surface area contributed by atoms with Gasteiger partial charge < -0.3 is 14.8 Å². The Morgan fingerprint density at radius 2 is 1.87 bits per heavy atom. The molecule has 0 bridgehead atoms. The quantitative estimate of drug-likeness (QED) is 0.306. The lowest BCUT2D eigenvalue weighted by Crippen LogP contribution is -2.38. The van der Waals surface area contributed by atoms with Crippen LogP contribution in [0.2, 0.25) is 0 Å². The van der Waals surface area contributed by atoms with Crippen molar-refractivity contribution in [3.8, 4) is 16.9 Å². The second-order valence-corrected chi connectivity index (χ2v) is 11.8. The molecule has 0 radical (unpaired) electrons. The largest absolute Gasteiger partial charge is 0.490 e. The molecule has 1 saturated heterocycles. The average molecular weight is 580 g/mol. The van der Waals surface area contributed by atoms with Gasteiger partial charge in [0.15, 0.2) is 9.84 Å². The third-order valence-electron chi connectivity index (χ3n) is 5.98. The van der Waals surface area contributed by atoms with Crippen LogP contribution in [-0.4, -0.2) is 70.9 Å². The smallest absolute Gasteiger partial charge is 0.432 e. The van der Waals surface area contributed by atoms with Crippen LogP contribution in [-0.2, 0) is 14.6 Å². The number of benzene rings is 2. The predicted molar refractivity (Wildman–Crippen MR) is 147 cm³/mol. The lowest BCUT2D eigenvalue weighted by Gasteiger charge is -2.26. The summed E-state index contributed by atoms with van der Waals surface area (Å²) in [6.07, 6.45) is -2.97. The molecule has 1 aliphatic heterocycles. The van der Waals surface area contributed by atoms with Crippen LogP contribution in [0.25, 0.3) is 16.8 Å². The Kier molecular flexibility index (Phi) is 9.11. The standard InChI is InChI=1S/C27H28F3N3O4S2/c1-39(34,35)21-6-4-5-19(15-21)20-16-25(38-18-20)23(17-26(31)27(28,29)30)32-22-7-2-3-8-24(22)37-14-11-33-9-12-36-13-10-33/h2-8,15-18,31-32H,9-14H2,1H3/b23-17-,31-26?. The van der Waals surface area contributed by atoms with E-state index in [-0.39, 0.29) is 10.6 Å². The van der Waals surface area contributed by atoms with Gasteiger partial charge in [-0.3, -0.25) is 10.3 Å². The normalized spacial score (nSPS) is 15.2. The highest BCUT2D eigenvalue weighted by molar-refractivity contribution is 7.90. The summed E-state index contributed by atoms with van der Waals surface area (Å²) in [6.45, 7) is 4.01. The molecule has 1 aromatic heterocycles. The summed E-state index contributed by atoms with van der Waals surface area (Å²) in [5.41, 5.74) is 0.260. The van der Waals surface area contributed by atoms with Gasteiger partial charge in [-0.05, 0) is 52.9 Å². The van der Waals surface area contributed by atoms with E-state index in [0.29, 0.717) is 53.8 Å². The summed E-state index contributed by atoms with van der Waals surface area (Å²) in [6, 6.07) is 14.9. The molecule has 0 aliphatic carbocycles. The maximum Gasteiger partial charge on any atom is 0.432 e. The molecule has 1 aliphatic rings. The first kappa shape index (κ1) is 28.8. The van der Waals surface area contributed by atoms with Crippen molar-refractivity contribution in [2.45, 2.75) is 11.1 Å². The molecule has 12 heteroatoms. The molecule has 7 nitrogen and oxygen atoms in total. The molecule has 2 N–H and O–H groups in total. The zero-order chi connectivity index (χ0) is 28.0. The van der Waals surface area contributed by atoms with E-state index in [1.807, 2.05) is 0 Å². The van der Waals surface area contributed by atoms with Crippen LogP contribution in [0.1, 0.15) is 4.88 Å². The lowest BCUT2D eigenvalue weighted by molar-refractivity contribution is -0.0583. The Labute approximate surface area is 229 Å². The monoisotopic (exact) mass is 579 g/mol. The van der Waals surface area contributed by atoms with Crippen molar-refractivity contribution < 1.29 is 31.1 Å². The Hall–Kier alpha value is -3.19. The van der Waals surface area contributed by atoms with Crippen molar-refractivity contribution in [2.24, 2.45) is 0 Å². The first-order valence-electron chi connectivity index (χ1n) is 12.1. The van der Waals surface area contributed by atoms with E-state index in [1.54, 1.807) is 47.8 Å². The van der Waals surface area contributed by atoms with E-state index in [4.69, 9.17) is 14.9 Å². The molecule has 0 amide bonds. The number of hydrogen-bond donors (Lipinski definition) is 2. The Balaban J connectivity index is 1.60. The third-order valence-corrected chi connectivity index (χ3v) is 8.05. The molecule has 0 unspecified atom stereocenters. The lowest BCUT2D eigenvalue weighted by atomic mass is 10.1. The number of halogens is 3. The van der Waals surface area contributed by atoms with Gasteiger partial charge in [-0.15, -0.1) is 11.3 Å². The number of morpholine rings is 1. The van der Waals surface area contributed by atoms with Crippen LogP contribution in [0, 0.1) is 5.41 Å². The fourth-order valence-electron chi connectivity index (χ4n) is 3.88. The van der Waals surface area contributed by atoms with Crippen LogP contribution in [0.15, 0.2) is 70.9 Å². The van der Waals surface area contributed by atoms with Crippen LogP contribution in [0.5, 0.6) is 5.75 Å². The number of rotatable bonds is 10. The Morgan fingerprint density at radius 3 is 2.59 bits per heavy atom. The highest BCUT2D eigenvalue weighted by atomic mass is 32.2. The number of alkyl halides is 3. The van der Waals surface area contributed by atoms with Crippen molar-refractivity contribution >= 4 is 38.3 Å². The number of allylic oxidation sites excluding steroid dienone is 1. The van der Waals surface area contributed by atoms with Gasteiger partial charge in [0.2, 0.25) is 0 Å². The maximum atomic E-state index is 13.3. The minimum absolute atomic E-state index is 0.0667. The zero-order valence-corrected chi connectivity index (χ0v) is 22.8. The molecule has 0 saturated carbocycles. The molecular weight excluding hydrogens is 551 g/mol. The van der Waals surface area contributed by atoms with Crippen molar-refractivity contribution in [1.29, 1.82) is 5.41 Å². The summed E-state index contributed by atoms with van der Waals surface area (Å²) < 4.78 is 75.3. The number of nitrogens with one attached hydrogen (secondary N) is 2. The fourth-order valence-corrected chi connectivity index (χ4v) is 5.44. The molecule has 208 valence electrons. The number of ether oxygens (including phenoxy) is 2. The molecule has 1 fully saturated rings. The van der Waals surface area contributed by atoms with E-state index in [1.165, 1.54) is 23.5 Å². The van der Waals surface area contributed by atoms with Gasteiger partial charge >= 0.3 is 6.18 Å². The molecule has 0 spiro atoms. The molecule has 39 heavy (non-hydrogen) atoms. The fraction of sp³-hybridized carbons (Fsp3) is 0.296. The van der Waals surface area contributed by atoms with Gasteiger partial charge in [0, 0.05) is 25.9 Å². The van der Waals surface area contributed by atoms with Gasteiger partial charge in [0.1, 0.15) is 18.1 Å². The predicted octanol–water partition coefficient (Wildman–Crippen LogP) is 5.56. The Bertz CT molecular complexity index is 1450.